The van der Waals surface area contributed by atoms with E-state index in [1.165, 1.54) is 24.3 Å². The van der Waals surface area contributed by atoms with Gasteiger partial charge in [0, 0.05) is 7.05 Å². The van der Waals surface area contributed by atoms with Gasteiger partial charge in [-0.2, -0.15) is 5.10 Å². The maximum Gasteiger partial charge on any atom is 0.356 e. The Hall–Kier alpha value is -2.31. The molecular formula is C8H8N4O3. The molecule has 0 atom stereocenters. The molecule has 0 fully saturated rings. The fourth-order valence-electron chi connectivity index (χ4n) is 1.31. The van der Waals surface area contributed by atoms with Gasteiger partial charge in [-0.25, -0.2) is 9.78 Å². The average molecular weight is 208 g/mol. The van der Waals surface area contributed by atoms with Gasteiger partial charge in [0.2, 0.25) is 0 Å². The maximum absolute atomic E-state index is 10.8. The quantitative estimate of drug-likeness (QED) is 0.737. The number of carboxylic acids is 1. The lowest BCUT2D eigenvalue weighted by atomic mass is 10.2. The number of hydrogen-bond donors (Lipinski definition) is 2. The van der Waals surface area contributed by atoms with Crippen molar-refractivity contribution in [1.29, 1.82) is 0 Å². The van der Waals surface area contributed by atoms with Gasteiger partial charge in [0.05, 0.1) is 11.9 Å². The molecule has 0 amide bonds. The van der Waals surface area contributed by atoms with Crippen LogP contribution in [-0.4, -0.2) is 25.8 Å². The Morgan fingerprint density at radius 1 is 1.67 bits per heavy atom. The van der Waals surface area contributed by atoms with Crippen molar-refractivity contribution >= 4 is 11.7 Å². The van der Waals surface area contributed by atoms with E-state index in [0.29, 0.717) is 5.76 Å². The molecule has 0 saturated heterocycles. The van der Waals surface area contributed by atoms with E-state index in [4.69, 9.17) is 15.3 Å². The Kier molecular flexibility index (Phi) is 1.93. The molecule has 2 aromatic heterocycles. The number of anilines is 1. The van der Waals surface area contributed by atoms with Crippen molar-refractivity contribution < 1.29 is 14.3 Å². The van der Waals surface area contributed by atoms with E-state index in [9.17, 15) is 4.79 Å². The minimum atomic E-state index is -1.13. The highest BCUT2D eigenvalue weighted by atomic mass is 16.4. The van der Waals surface area contributed by atoms with Crippen LogP contribution in [0, 0.1) is 0 Å². The first-order valence-electron chi connectivity index (χ1n) is 4.06. The second-order valence-electron chi connectivity index (χ2n) is 2.91. The van der Waals surface area contributed by atoms with Crippen LogP contribution in [0.15, 0.2) is 17.0 Å². The zero-order valence-corrected chi connectivity index (χ0v) is 7.84. The number of aromatic nitrogens is 3. The lowest BCUT2D eigenvalue weighted by molar-refractivity contribution is 0.0686. The first-order chi connectivity index (χ1) is 7.11. The summed E-state index contributed by atoms with van der Waals surface area (Å²) in [6.07, 6.45) is 2.65. The van der Waals surface area contributed by atoms with Gasteiger partial charge in [-0.3, -0.25) is 4.68 Å². The molecule has 0 aliphatic carbocycles. The van der Waals surface area contributed by atoms with Gasteiger partial charge < -0.3 is 15.3 Å². The molecule has 2 aromatic rings. The number of oxazole rings is 1. The first-order valence-corrected chi connectivity index (χ1v) is 4.06. The smallest absolute Gasteiger partial charge is 0.356 e. The second-order valence-corrected chi connectivity index (χ2v) is 2.91. The summed E-state index contributed by atoms with van der Waals surface area (Å²) in [5.74, 6) is -0.788. The van der Waals surface area contributed by atoms with Crippen LogP contribution in [-0.2, 0) is 7.05 Å². The van der Waals surface area contributed by atoms with Crippen LogP contribution in [0.4, 0.5) is 5.69 Å². The largest absolute Gasteiger partial charge is 0.476 e. The number of aryl methyl sites for hydroxylation is 1. The van der Waals surface area contributed by atoms with Gasteiger partial charge in [0.25, 0.3) is 0 Å². The van der Waals surface area contributed by atoms with E-state index in [2.05, 4.69) is 10.1 Å². The van der Waals surface area contributed by atoms with Crippen molar-refractivity contribution in [2.45, 2.75) is 0 Å². The molecule has 78 valence electrons. The van der Waals surface area contributed by atoms with Gasteiger partial charge >= 0.3 is 5.97 Å². The minimum absolute atomic E-state index is 0.0681. The van der Waals surface area contributed by atoms with Gasteiger partial charge in [0.15, 0.2) is 23.5 Å². The molecule has 2 rings (SSSR count). The van der Waals surface area contributed by atoms with E-state index in [0.717, 1.165) is 0 Å². The summed E-state index contributed by atoms with van der Waals surface area (Å²) in [6.45, 7) is 0. The molecule has 0 bridgehead atoms. The predicted molar refractivity (Wildman–Crippen MR) is 50.1 cm³/mol. The zero-order valence-electron chi connectivity index (χ0n) is 7.84. The van der Waals surface area contributed by atoms with Gasteiger partial charge in [0.1, 0.15) is 0 Å². The third-order valence-corrected chi connectivity index (χ3v) is 1.95. The number of carboxylic acid groups (broad SMARTS) is 1. The first kappa shape index (κ1) is 9.25. The van der Waals surface area contributed by atoms with Crippen molar-refractivity contribution in [3.05, 3.63) is 18.3 Å². The summed E-state index contributed by atoms with van der Waals surface area (Å²) in [6, 6.07) is 0. The minimum Gasteiger partial charge on any atom is -0.476 e. The molecule has 7 nitrogen and oxygen atoms in total. The van der Waals surface area contributed by atoms with Gasteiger partial charge in [-0.05, 0) is 0 Å². The summed E-state index contributed by atoms with van der Waals surface area (Å²) in [4.78, 5) is 14.5. The predicted octanol–water partition coefficient (Wildman–Crippen LogP) is 0.355. The Morgan fingerprint density at radius 3 is 2.87 bits per heavy atom. The molecule has 0 spiro atoms. The number of nitrogen functional groups attached to an aromatic ring is 1. The van der Waals surface area contributed by atoms with E-state index < -0.39 is 5.97 Å². The van der Waals surface area contributed by atoms with Crippen LogP contribution in [0.2, 0.25) is 0 Å². The number of nitrogens with zero attached hydrogens (tertiary/aromatic N) is 3. The molecular weight excluding hydrogens is 200 g/mol. The third-order valence-electron chi connectivity index (χ3n) is 1.95. The summed E-state index contributed by atoms with van der Waals surface area (Å²) in [5, 5.41) is 12.8. The number of aromatic carboxylic acids is 1. The fraction of sp³-hybridized carbons (Fsp3) is 0.125. The summed E-state index contributed by atoms with van der Waals surface area (Å²) in [5.41, 5.74) is 5.93. The van der Waals surface area contributed by atoms with Crippen LogP contribution < -0.4 is 5.73 Å². The number of nitrogens with two attached hydrogens (primary N) is 1. The lowest BCUT2D eigenvalue weighted by Crippen LogP contribution is -2.07. The highest BCUT2D eigenvalue weighted by Gasteiger charge is 2.21. The monoisotopic (exact) mass is 208 g/mol. The Bertz CT molecular complexity index is 500. The number of hydrogen-bond acceptors (Lipinski definition) is 5. The van der Waals surface area contributed by atoms with Crippen LogP contribution in [0.5, 0.6) is 0 Å². The summed E-state index contributed by atoms with van der Waals surface area (Å²) in [7, 11) is 1.50. The van der Waals surface area contributed by atoms with Gasteiger partial charge in [-0.1, -0.05) is 0 Å². The molecule has 2 heterocycles. The Morgan fingerprint density at radius 2 is 2.40 bits per heavy atom. The Balaban J connectivity index is 2.61. The third kappa shape index (κ3) is 1.33. The molecule has 0 radical (unpaired) electrons. The second kappa shape index (κ2) is 3.12. The maximum atomic E-state index is 10.8. The molecule has 15 heavy (non-hydrogen) atoms. The fourth-order valence-corrected chi connectivity index (χ4v) is 1.31. The van der Waals surface area contributed by atoms with Crippen molar-refractivity contribution in [2.24, 2.45) is 7.05 Å². The van der Waals surface area contributed by atoms with Crippen molar-refractivity contribution in [2.75, 3.05) is 5.73 Å². The number of rotatable bonds is 2. The number of carbonyl (C=O) groups is 1. The topological polar surface area (TPSA) is 107 Å². The molecule has 0 saturated carbocycles. The van der Waals surface area contributed by atoms with Crippen molar-refractivity contribution in [3.8, 4) is 11.5 Å². The SMILES string of the molecule is Cn1nc(-c2cnco2)c(N)c1C(=O)O. The van der Waals surface area contributed by atoms with Crippen LogP contribution in [0.25, 0.3) is 11.5 Å². The average Bonchev–Trinajstić information content (AvgIpc) is 2.72. The summed E-state index contributed by atoms with van der Waals surface area (Å²) >= 11 is 0. The molecule has 0 aliphatic heterocycles. The molecule has 0 aliphatic rings. The Labute approximate surface area is 84.1 Å². The van der Waals surface area contributed by atoms with Crippen molar-refractivity contribution in [1.82, 2.24) is 14.8 Å². The van der Waals surface area contributed by atoms with E-state index in [1.807, 2.05) is 0 Å². The van der Waals surface area contributed by atoms with E-state index in [-0.39, 0.29) is 17.1 Å². The van der Waals surface area contributed by atoms with Crippen LogP contribution in [0.1, 0.15) is 10.5 Å². The molecule has 0 aromatic carbocycles. The summed E-state index contributed by atoms with van der Waals surface area (Å²) < 4.78 is 6.18. The van der Waals surface area contributed by atoms with E-state index in [1.54, 1.807) is 0 Å². The normalized spacial score (nSPS) is 10.5. The van der Waals surface area contributed by atoms with E-state index >= 15 is 0 Å². The standard InChI is InChI=1S/C8H8N4O3/c1-12-7(8(13)14)5(9)6(11-12)4-2-10-3-15-4/h2-3H,9H2,1H3,(H,13,14). The van der Waals surface area contributed by atoms with Crippen molar-refractivity contribution in [3.63, 3.8) is 0 Å². The van der Waals surface area contributed by atoms with Gasteiger partial charge in [-0.15, -0.1) is 0 Å². The van der Waals surface area contributed by atoms with Crippen LogP contribution in [0.3, 0.4) is 0 Å². The highest BCUT2D eigenvalue weighted by molar-refractivity contribution is 5.95. The van der Waals surface area contributed by atoms with Crippen LogP contribution >= 0.6 is 0 Å². The lowest BCUT2D eigenvalue weighted by Gasteiger charge is -1.94. The highest BCUT2D eigenvalue weighted by Crippen LogP contribution is 2.26. The molecule has 0 unspecified atom stereocenters. The molecule has 3 N–H and O–H groups in total. The molecule has 7 heteroatoms. The zero-order chi connectivity index (χ0) is 11.0.